The smallest absolute Gasteiger partial charge is 0.164 e. The lowest BCUT2D eigenvalue weighted by Gasteiger charge is -2.37. The molecule has 0 saturated heterocycles. The molecular weight excluding hydrogens is 632 g/mol. The van der Waals surface area contributed by atoms with Gasteiger partial charge in [0, 0.05) is 22.3 Å². The molecule has 2 heterocycles. The number of fused-ring (bicyclic) bond motifs is 3. The van der Waals surface area contributed by atoms with Crippen LogP contribution in [-0.2, 0) is 5.40 Å². The minimum atomic E-state index is -1.43. The van der Waals surface area contributed by atoms with Crippen LogP contribution >= 0.6 is 0 Å². The zero-order valence-corrected chi connectivity index (χ0v) is 28.1. The van der Waals surface area contributed by atoms with E-state index in [2.05, 4.69) is 78.9 Å². The van der Waals surface area contributed by atoms with Gasteiger partial charge < -0.3 is 4.74 Å². The van der Waals surface area contributed by atoms with E-state index in [4.69, 9.17) is 35.4 Å². The number of hydrogen-bond donors (Lipinski definition) is 0. The highest BCUT2D eigenvalue weighted by molar-refractivity contribution is 6.40. The van der Waals surface area contributed by atoms with E-state index in [0.29, 0.717) is 23.2 Å². The molecule has 7 aromatic carbocycles. The van der Waals surface area contributed by atoms with E-state index < -0.39 is 5.40 Å². The van der Waals surface area contributed by atoms with Crippen LogP contribution in [-0.4, -0.2) is 30.6 Å². The van der Waals surface area contributed by atoms with Crippen molar-refractivity contribution < 1.29 is 4.74 Å². The van der Waals surface area contributed by atoms with Crippen molar-refractivity contribution in [2.24, 2.45) is 0 Å². The van der Waals surface area contributed by atoms with E-state index in [-0.39, 0.29) is 0 Å². The Labute approximate surface area is 305 Å². The maximum atomic E-state index is 6.43. The summed E-state index contributed by atoms with van der Waals surface area (Å²) >= 11 is 0. The molecule has 0 aliphatic carbocycles. The van der Waals surface area contributed by atoms with Crippen LogP contribution in [0.2, 0.25) is 0 Å². The predicted octanol–water partition coefficient (Wildman–Crippen LogP) is 10.4. The first-order chi connectivity index (χ1) is 25.5. The van der Waals surface area contributed by atoms with Crippen molar-refractivity contribution in [1.29, 1.82) is 0 Å². The molecule has 1 aliphatic heterocycles. The maximum Gasteiger partial charge on any atom is 0.164 e. The van der Waals surface area contributed by atoms with Crippen LogP contribution in [0, 0.1) is 0 Å². The van der Waals surface area contributed by atoms with Gasteiger partial charge in [0.1, 0.15) is 21.4 Å². The quantitative estimate of drug-likeness (QED) is 0.167. The number of nitrogens with zero attached hydrogens (tertiary/aromatic N) is 3. The summed E-state index contributed by atoms with van der Waals surface area (Å²) in [6.45, 7) is 0. The largest absolute Gasteiger partial charge is 0.502 e. The van der Waals surface area contributed by atoms with Gasteiger partial charge in [0.05, 0.1) is 5.40 Å². The average molecular weight is 661 g/mol. The molecule has 0 N–H and O–H groups in total. The molecule has 8 aromatic rings. The minimum Gasteiger partial charge on any atom is -0.502 e. The third-order valence-electron chi connectivity index (χ3n) is 9.47. The van der Waals surface area contributed by atoms with Crippen molar-refractivity contribution in [3.63, 3.8) is 0 Å². The van der Waals surface area contributed by atoms with E-state index in [1.807, 2.05) is 97.1 Å². The highest BCUT2D eigenvalue weighted by Crippen LogP contribution is 2.48. The van der Waals surface area contributed by atoms with Crippen LogP contribution in [0.25, 0.3) is 78.7 Å². The number of benzene rings is 7. The summed E-state index contributed by atoms with van der Waals surface area (Å²) in [5, 5.41) is -1.43. The topological polar surface area (TPSA) is 47.9 Å². The molecule has 6 heteroatoms. The number of hydrogen-bond acceptors (Lipinski definition) is 4. The fourth-order valence-corrected chi connectivity index (χ4v) is 6.91. The van der Waals surface area contributed by atoms with Crippen molar-refractivity contribution in [1.82, 2.24) is 15.0 Å². The molecule has 0 atom stereocenters. The second-order valence-electron chi connectivity index (χ2n) is 12.9. The summed E-state index contributed by atoms with van der Waals surface area (Å²) in [6, 6.07) is 59.5. The van der Waals surface area contributed by atoms with Gasteiger partial charge in [0.2, 0.25) is 0 Å². The summed E-state index contributed by atoms with van der Waals surface area (Å²) in [4.78, 5) is 15.2. The second kappa shape index (κ2) is 13.0. The zero-order chi connectivity index (χ0) is 35.1. The Bertz CT molecular complexity index is 2570. The van der Waals surface area contributed by atoms with Crippen molar-refractivity contribution >= 4 is 15.7 Å². The molecule has 1 aliphatic rings. The lowest BCUT2D eigenvalue weighted by Crippen LogP contribution is -2.37. The summed E-state index contributed by atoms with van der Waals surface area (Å²) in [5.41, 5.74) is 11.7. The van der Waals surface area contributed by atoms with Gasteiger partial charge in [-0.25, -0.2) is 15.0 Å². The van der Waals surface area contributed by atoms with Crippen molar-refractivity contribution in [3.05, 3.63) is 181 Å². The van der Waals surface area contributed by atoms with Gasteiger partial charge >= 0.3 is 0 Å². The molecule has 0 bridgehead atoms. The Hall–Kier alpha value is -6.52. The molecule has 52 heavy (non-hydrogen) atoms. The Kier molecular flexibility index (Phi) is 7.85. The molecule has 9 rings (SSSR count). The third kappa shape index (κ3) is 5.88. The van der Waals surface area contributed by atoms with Crippen molar-refractivity contribution in [2.75, 3.05) is 0 Å². The van der Waals surface area contributed by atoms with Crippen LogP contribution in [0.5, 0.6) is 5.75 Å². The van der Waals surface area contributed by atoms with Gasteiger partial charge in [-0.05, 0) is 62.7 Å². The zero-order valence-electron chi connectivity index (χ0n) is 28.1. The summed E-state index contributed by atoms with van der Waals surface area (Å²) in [7, 11) is 12.9. The van der Waals surface area contributed by atoms with Crippen molar-refractivity contribution in [3.8, 4) is 84.4 Å². The van der Waals surface area contributed by atoms with E-state index in [1.54, 1.807) is 0 Å². The third-order valence-corrected chi connectivity index (χ3v) is 9.47. The molecule has 1 aromatic heterocycles. The van der Waals surface area contributed by atoms with Gasteiger partial charge in [-0.1, -0.05) is 158 Å². The van der Waals surface area contributed by atoms with E-state index >= 15 is 0 Å². The van der Waals surface area contributed by atoms with Crippen LogP contribution in [0.15, 0.2) is 176 Å². The standard InChI is InChI=1S/C46H29B2N3O/c47-46(48)40-22-8-7-20-39(40)42-38(21-11-23-41(42)52-46)35-17-10-19-37(29-35)45-50-43(33-26-24-32(25-27-33)30-12-3-1-4-13-30)49-44(51-45)36-18-9-16-34(28-36)31-14-5-2-6-15-31/h1-29H. The molecule has 0 saturated carbocycles. The average Bonchev–Trinajstić information content (AvgIpc) is 3.21. The highest BCUT2D eigenvalue weighted by Gasteiger charge is 2.32. The van der Waals surface area contributed by atoms with Crippen LogP contribution < -0.4 is 4.74 Å². The fourth-order valence-electron chi connectivity index (χ4n) is 6.91. The summed E-state index contributed by atoms with van der Waals surface area (Å²) in [6.07, 6.45) is 0. The lowest BCUT2D eigenvalue weighted by molar-refractivity contribution is 0.241. The van der Waals surface area contributed by atoms with E-state index in [9.17, 15) is 0 Å². The molecule has 0 amide bonds. The molecule has 0 unspecified atom stereocenters. The molecular formula is C46H29B2N3O. The van der Waals surface area contributed by atoms with Gasteiger partial charge in [-0.15, -0.1) is 0 Å². The molecule has 4 nitrogen and oxygen atoms in total. The van der Waals surface area contributed by atoms with Crippen LogP contribution in [0.3, 0.4) is 0 Å². The number of rotatable bonds is 6. The monoisotopic (exact) mass is 661 g/mol. The maximum absolute atomic E-state index is 6.43. The minimum absolute atomic E-state index is 0.573. The normalized spacial score (nSPS) is 12.7. The summed E-state index contributed by atoms with van der Waals surface area (Å²) < 4.78 is 6.15. The first kappa shape index (κ1) is 31.5. The Morgan fingerprint density at radius 1 is 0.365 bits per heavy atom. The van der Waals surface area contributed by atoms with Gasteiger partial charge in [-0.3, -0.25) is 0 Å². The highest BCUT2D eigenvalue weighted by atomic mass is 16.5. The van der Waals surface area contributed by atoms with Crippen LogP contribution in [0.4, 0.5) is 0 Å². The van der Waals surface area contributed by atoms with Gasteiger partial charge in [0.25, 0.3) is 0 Å². The SMILES string of the molecule is [B]C1([B])Oc2cccc(-c3cccc(-c4nc(-c5ccc(-c6ccccc6)cc5)nc(-c5cccc(-c6ccccc6)c5)n4)c3)c2-c2ccccc21. The Balaban J connectivity index is 1.18. The van der Waals surface area contributed by atoms with Gasteiger partial charge in [-0.2, -0.15) is 0 Å². The molecule has 4 radical (unpaired) electrons. The Morgan fingerprint density at radius 3 is 1.48 bits per heavy atom. The summed E-state index contributed by atoms with van der Waals surface area (Å²) in [5.74, 6) is 2.39. The molecule has 0 spiro atoms. The van der Waals surface area contributed by atoms with Crippen LogP contribution in [0.1, 0.15) is 5.56 Å². The lowest BCUT2D eigenvalue weighted by atomic mass is 9.58. The van der Waals surface area contributed by atoms with Gasteiger partial charge in [0.15, 0.2) is 17.5 Å². The Morgan fingerprint density at radius 2 is 0.808 bits per heavy atom. The van der Waals surface area contributed by atoms with Crippen molar-refractivity contribution in [2.45, 2.75) is 5.40 Å². The van der Waals surface area contributed by atoms with E-state index in [0.717, 1.165) is 66.8 Å². The first-order valence-electron chi connectivity index (χ1n) is 17.2. The fraction of sp³-hybridized carbons (Fsp3) is 0.0217. The number of aromatic nitrogens is 3. The van der Waals surface area contributed by atoms with E-state index in [1.165, 1.54) is 0 Å². The predicted molar refractivity (Wildman–Crippen MR) is 212 cm³/mol. The molecule has 0 fully saturated rings. The second-order valence-corrected chi connectivity index (χ2v) is 12.9. The number of ether oxygens (including phenoxy) is 1. The first-order valence-corrected chi connectivity index (χ1v) is 17.2. The molecule has 240 valence electrons.